The predicted octanol–water partition coefficient (Wildman–Crippen LogP) is 3.58. The van der Waals surface area contributed by atoms with Gasteiger partial charge in [0, 0.05) is 12.8 Å². The van der Waals surface area contributed by atoms with Crippen molar-refractivity contribution < 1.29 is 14.7 Å². The monoisotopic (exact) mass is 282 g/mol. The van der Waals surface area contributed by atoms with E-state index in [0.717, 1.165) is 16.7 Å². The van der Waals surface area contributed by atoms with E-state index in [2.05, 4.69) is 0 Å². The van der Waals surface area contributed by atoms with Gasteiger partial charge in [0.25, 0.3) is 0 Å². The smallest absolute Gasteiger partial charge is 0.306 e. The van der Waals surface area contributed by atoms with E-state index < -0.39 is 11.9 Å². The Balaban J connectivity index is 2.00. The molecule has 0 aliphatic rings. The van der Waals surface area contributed by atoms with Gasteiger partial charge in [-0.2, -0.15) is 0 Å². The minimum absolute atomic E-state index is 0.0441. The number of rotatable bonds is 6. The molecule has 1 unspecified atom stereocenters. The normalized spacial score (nSPS) is 11.9. The summed E-state index contributed by atoms with van der Waals surface area (Å²) in [6, 6.07) is 17.8. The minimum atomic E-state index is -0.928. The number of Topliss-reactive ketones (excluding diaryl/α,β-unsaturated/α-hetero) is 1. The van der Waals surface area contributed by atoms with E-state index in [0.29, 0.717) is 0 Å². The van der Waals surface area contributed by atoms with Gasteiger partial charge in [0.1, 0.15) is 5.78 Å². The van der Waals surface area contributed by atoms with Crippen LogP contribution in [0.5, 0.6) is 0 Å². The zero-order valence-corrected chi connectivity index (χ0v) is 12.0. The molecule has 0 amide bonds. The van der Waals surface area contributed by atoms with Gasteiger partial charge >= 0.3 is 5.97 Å². The standard InChI is InChI=1S/C18H18O3/c1-13(18(20)21)11-17(19)12-14-7-9-16(10-8-14)15-5-3-2-4-6-15/h2-10,13H,11-12H2,1H3,(H,20,21). The molecule has 2 aromatic rings. The van der Waals surface area contributed by atoms with Crippen LogP contribution in [0.3, 0.4) is 0 Å². The first-order chi connectivity index (χ1) is 10.1. The lowest BCUT2D eigenvalue weighted by molar-refractivity contribution is -0.143. The lowest BCUT2D eigenvalue weighted by atomic mass is 9.98. The third-order valence-electron chi connectivity index (χ3n) is 3.42. The van der Waals surface area contributed by atoms with Crippen molar-refractivity contribution in [1.29, 1.82) is 0 Å². The van der Waals surface area contributed by atoms with Crippen LogP contribution in [0.1, 0.15) is 18.9 Å². The summed E-state index contributed by atoms with van der Waals surface area (Å²) in [6.07, 6.45) is 0.364. The Morgan fingerprint density at radius 1 is 0.952 bits per heavy atom. The van der Waals surface area contributed by atoms with Gasteiger partial charge in [0.15, 0.2) is 0 Å². The summed E-state index contributed by atoms with van der Waals surface area (Å²) in [6.45, 7) is 1.55. The highest BCUT2D eigenvalue weighted by atomic mass is 16.4. The van der Waals surface area contributed by atoms with Crippen LogP contribution in [0.25, 0.3) is 11.1 Å². The summed E-state index contributed by atoms with van der Waals surface area (Å²) in [5.74, 6) is -1.60. The molecular weight excluding hydrogens is 264 g/mol. The molecule has 0 fully saturated rings. The second-order valence-electron chi connectivity index (χ2n) is 5.22. The van der Waals surface area contributed by atoms with Crippen LogP contribution in [0.4, 0.5) is 0 Å². The Hall–Kier alpha value is -2.42. The lowest BCUT2D eigenvalue weighted by Crippen LogP contribution is -2.15. The second kappa shape index (κ2) is 6.84. The third-order valence-corrected chi connectivity index (χ3v) is 3.42. The summed E-state index contributed by atoms with van der Waals surface area (Å²) in [5.41, 5.74) is 3.15. The van der Waals surface area contributed by atoms with Crippen molar-refractivity contribution in [2.75, 3.05) is 0 Å². The fourth-order valence-corrected chi connectivity index (χ4v) is 2.17. The maximum atomic E-state index is 11.8. The van der Waals surface area contributed by atoms with Crippen molar-refractivity contribution >= 4 is 11.8 Å². The first-order valence-electron chi connectivity index (χ1n) is 6.95. The predicted molar refractivity (Wildman–Crippen MR) is 82.0 cm³/mol. The van der Waals surface area contributed by atoms with Gasteiger partial charge in [-0.3, -0.25) is 9.59 Å². The Morgan fingerprint density at radius 2 is 1.52 bits per heavy atom. The van der Waals surface area contributed by atoms with E-state index >= 15 is 0 Å². The zero-order valence-electron chi connectivity index (χ0n) is 12.0. The summed E-state index contributed by atoms with van der Waals surface area (Å²) >= 11 is 0. The lowest BCUT2D eigenvalue weighted by Gasteiger charge is -2.06. The first kappa shape index (κ1) is 15.0. The maximum Gasteiger partial charge on any atom is 0.306 e. The topological polar surface area (TPSA) is 54.4 Å². The third kappa shape index (κ3) is 4.28. The maximum absolute atomic E-state index is 11.8. The van der Waals surface area contributed by atoms with E-state index in [9.17, 15) is 9.59 Å². The van der Waals surface area contributed by atoms with Gasteiger partial charge in [-0.25, -0.2) is 0 Å². The molecule has 2 aromatic carbocycles. The van der Waals surface area contributed by atoms with Gasteiger partial charge in [-0.1, -0.05) is 61.5 Å². The van der Waals surface area contributed by atoms with Crippen molar-refractivity contribution in [1.82, 2.24) is 0 Å². The van der Waals surface area contributed by atoms with Crippen LogP contribution in [-0.4, -0.2) is 16.9 Å². The Morgan fingerprint density at radius 3 is 2.10 bits per heavy atom. The van der Waals surface area contributed by atoms with Gasteiger partial charge in [-0.15, -0.1) is 0 Å². The molecule has 3 nitrogen and oxygen atoms in total. The van der Waals surface area contributed by atoms with Crippen molar-refractivity contribution in [2.45, 2.75) is 19.8 Å². The highest BCUT2D eigenvalue weighted by Crippen LogP contribution is 2.19. The quantitative estimate of drug-likeness (QED) is 0.881. The molecule has 0 spiro atoms. The van der Waals surface area contributed by atoms with Crippen LogP contribution in [0.15, 0.2) is 54.6 Å². The van der Waals surface area contributed by atoms with E-state index in [1.54, 1.807) is 6.92 Å². The largest absolute Gasteiger partial charge is 0.481 e. The minimum Gasteiger partial charge on any atom is -0.481 e. The molecule has 0 radical (unpaired) electrons. The number of hydrogen-bond donors (Lipinski definition) is 1. The number of carboxylic acids is 1. The molecule has 0 aromatic heterocycles. The van der Waals surface area contributed by atoms with Crippen LogP contribution in [0.2, 0.25) is 0 Å². The van der Waals surface area contributed by atoms with Gasteiger partial charge < -0.3 is 5.11 Å². The van der Waals surface area contributed by atoms with Gasteiger partial charge in [0.05, 0.1) is 5.92 Å². The van der Waals surface area contributed by atoms with Crippen molar-refractivity contribution in [3.63, 3.8) is 0 Å². The zero-order chi connectivity index (χ0) is 15.2. The molecule has 21 heavy (non-hydrogen) atoms. The highest BCUT2D eigenvalue weighted by Gasteiger charge is 2.15. The summed E-state index contributed by atoms with van der Waals surface area (Å²) in [7, 11) is 0. The number of carboxylic acid groups (broad SMARTS) is 1. The van der Waals surface area contributed by atoms with Crippen LogP contribution in [-0.2, 0) is 16.0 Å². The SMILES string of the molecule is CC(CC(=O)Cc1ccc(-c2ccccc2)cc1)C(=O)O. The molecule has 0 aliphatic heterocycles. The van der Waals surface area contributed by atoms with E-state index in [1.165, 1.54) is 0 Å². The Kier molecular flexibility index (Phi) is 4.88. The fourth-order valence-electron chi connectivity index (χ4n) is 2.17. The average molecular weight is 282 g/mol. The van der Waals surface area contributed by atoms with Crippen LogP contribution >= 0.6 is 0 Å². The van der Waals surface area contributed by atoms with Crippen LogP contribution < -0.4 is 0 Å². The summed E-state index contributed by atoms with van der Waals surface area (Å²) < 4.78 is 0. The summed E-state index contributed by atoms with van der Waals surface area (Å²) in [4.78, 5) is 22.6. The number of aliphatic carboxylic acids is 1. The van der Waals surface area contributed by atoms with E-state index in [-0.39, 0.29) is 18.6 Å². The molecule has 0 bridgehead atoms. The number of ketones is 1. The highest BCUT2D eigenvalue weighted by molar-refractivity contribution is 5.85. The molecule has 0 aliphatic carbocycles. The fraction of sp³-hybridized carbons (Fsp3) is 0.222. The van der Waals surface area contributed by atoms with Crippen LogP contribution in [0, 0.1) is 5.92 Å². The van der Waals surface area contributed by atoms with E-state index in [1.807, 2.05) is 54.6 Å². The van der Waals surface area contributed by atoms with Gasteiger partial charge in [-0.05, 0) is 16.7 Å². The average Bonchev–Trinajstić information content (AvgIpc) is 2.48. The molecule has 108 valence electrons. The number of hydrogen-bond acceptors (Lipinski definition) is 2. The molecule has 0 saturated carbocycles. The summed E-state index contributed by atoms with van der Waals surface area (Å²) in [5, 5.41) is 8.81. The Bertz CT molecular complexity index is 615. The second-order valence-corrected chi connectivity index (χ2v) is 5.22. The van der Waals surface area contributed by atoms with Gasteiger partial charge in [0.2, 0.25) is 0 Å². The van der Waals surface area contributed by atoms with E-state index in [4.69, 9.17) is 5.11 Å². The molecule has 0 saturated heterocycles. The van der Waals surface area contributed by atoms with Crippen molar-refractivity contribution in [3.8, 4) is 11.1 Å². The molecule has 0 heterocycles. The Labute approximate surface area is 124 Å². The molecule has 1 atom stereocenters. The van der Waals surface area contributed by atoms with Crippen molar-refractivity contribution in [3.05, 3.63) is 60.2 Å². The molecule has 1 N–H and O–H groups in total. The first-order valence-corrected chi connectivity index (χ1v) is 6.95. The molecular formula is C18H18O3. The van der Waals surface area contributed by atoms with Crippen molar-refractivity contribution in [2.24, 2.45) is 5.92 Å². The number of carbonyl (C=O) groups is 2. The molecule has 2 rings (SSSR count). The molecule has 3 heteroatoms. The number of benzene rings is 2. The number of carbonyl (C=O) groups excluding carboxylic acids is 1.